The summed E-state index contributed by atoms with van der Waals surface area (Å²) in [7, 11) is 0. The van der Waals surface area contributed by atoms with Crippen molar-refractivity contribution in [3.05, 3.63) is 0 Å². The van der Waals surface area contributed by atoms with E-state index in [1.807, 2.05) is 0 Å². The minimum absolute atomic E-state index is 0.0938. The van der Waals surface area contributed by atoms with Crippen LogP contribution in [0.1, 0.15) is 25.7 Å². The molecule has 2 aliphatic rings. The van der Waals surface area contributed by atoms with Crippen LogP contribution in [0.15, 0.2) is 0 Å². The van der Waals surface area contributed by atoms with Crippen molar-refractivity contribution in [3.8, 4) is 0 Å². The van der Waals surface area contributed by atoms with Gasteiger partial charge in [0.2, 0.25) is 0 Å². The van der Waals surface area contributed by atoms with E-state index in [0.717, 1.165) is 25.7 Å². The summed E-state index contributed by atoms with van der Waals surface area (Å²) in [5.41, 5.74) is -0.151. The first-order valence-electron chi connectivity index (χ1n) is 4.95. The summed E-state index contributed by atoms with van der Waals surface area (Å²) < 4.78 is 41.6. The standard InChI is InChI=1S/C9H14F3NO/c10-9(11,12)7-5-13-8(6-14-7)3-1-2-4-8/h7,13H,1-6H2. The highest BCUT2D eigenvalue weighted by molar-refractivity contribution is 4.96. The van der Waals surface area contributed by atoms with Gasteiger partial charge in [-0.05, 0) is 12.8 Å². The number of ether oxygens (including phenoxy) is 1. The molecule has 0 aromatic rings. The zero-order valence-corrected chi connectivity index (χ0v) is 7.86. The van der Waals surface area contributed by atoms with E-state index in [2.05, 4.69) is 5.32 Å². The molecule has 0 radical (unpaired) electrons. The Balaban J connectivity index is 1.92. The molecule has 0 bridgehead atoms. The monoisotopic (exact) mass is 209 g/mol. The number of alkyl halides is 3. The van der Waals surface area contributed by atoms with Gasteiger partial charge in [-0.25, -0.2) is 0 Å². The molecule has 82 valence electrons. The first-order valence-corrected chi connectivity index (χ1v) is 4.95. The van der Waals surface area contributed by atoms with E-state index in [1.54, 1.807) is 0 Å². The maximum atomic E-state index is 12.3. The molecule has 0 aromatic heterocycles. The van der Waals surface area contributed by atoms with Gasteiger partial charge >= 0.3 is 6.18 Å². The van der Waals surface area contributed by atoms with Gasteiger partial charge in [0, 0.05) is 12.1 Å². The summed E-state index contributed by atoms with van der Waals surface area (Å²) in [5.74, 6) is 0. The second-order valence-electron chi connectivity index (χ2n) is 4.21. The Kier molecular flexibility index (Phi) is 2.47. The molecule has 1 heterocycles. The fourth-order valence-corrected chi connectivity index (χ4v) is 2.26. The van der Waals surface area contributed by atoms with Crippen LogP contribution in [0.25, 0.3) is 0 Å². The second kappa shape index (κ2) is 3.38. The lowest BCUT2D eigenvalue weighted by Gasteiger charge is -2.39. The van der Waals surface area contributed by atoms with Crippen LogP contribution in [-0.2, 0) is 4.74 Å². The summed E-state index contributed by atoms with van der Waals surface area (Å²) in [6, 6.07) is 0. The number of morpholine rings is 1. The van der Waals surface area contributed by atoms with Crippen molar-refractivity contribution < 1.29 is 17.9 Å². The summed E-state index contributed by atoms with van der Waals surface area (Å²) in [6.07, 6.45) is -1.78. The van der Waals surface area contributed by atoms with E-state index >= 15 is 0 Å². The summed E-state index contributed by atoms with van der Waals surface area (Å²) in [5, 5.41) is 3.01. The fraction of sp³-hybridized carbons (Fsp3) is 1.00. The molecule has 2 rings (SSSR count). The van der Waals surface area contributed by atoms with Crippen LogP contribution in [0, 0.1) is 0 Å². The molecule has 2 fully saturated rings. The van der Waals surface area contributed by atoms with Crippen LogP contribution in [0.2, 0.25) is 0 Å². The molecule has 1 aliphatic heterocycles. The van der Waals surface area contributed by atoms with E-state index in [1.165, 1.54) is 0 Å². The summed E-state index contributed by atoms with van der Waals surface area (Å²) in [4.78, 5) is 0. The topological polar surface area (TPSA) is 21.3 Å². The molecule has 1 N–H and O–H groups in total. The van der Waals surface area contributed by atoms with Gasteiger partial charge in [-0.3, -0.25) is 0 Å². The van der Waals surface area contributed by atoms with Crippen molar-refractivity contribution >= 4 is 0 Å². The lowest BCUT2D eigenvalue weighted by Crippen LogP contribution is -2.58. The van der Waals surface area contributed by atoms with Crippen LogP contribution in [0.4, 0.5) is 13.2 Å². The Bertz CT molecular complexity index is 201. The molecule has 0 aromatic carbocycles. The molecule has 1 saturated carbocycles. The molecule has 0 amide bonds. The predicted octanol–water partition coefficient (Wildman–Crippen LogP) is 1.85. The van der Waals surface area contributed by atoms with Gasteiger partial charge in [0.25, 0.3) is 0 Å². The highest BCUT2D eigenvalue weighted by Crippen LogP contribution is 2.34. The Labute approximate surface area is 80.8 Å². The molecular weight excluding hydrogens is 195 g/mol. The molecule has 1 unspecified atom stereocenters. The zero-order chi connectivity index (χ0) is 10.2. The fourth-order valence-electron chi connectivity index (χ4n) is 2.26. The third kappa shape index (κ3) is 1.88. The van der Waals surface area contributed by atoms with Crippen molar-refractivity contribution in [2.75, 3.05) is 13.2 Å². The van der Waals surface area contributed by atoms with Gasteiger partial charge in [0.05, 0.1) is 6.61 Å². The van der Waals surface area contributed by atoms with Crippen LogP contribution >= 0.6 is 0 Å². The van der Waals surface area contributed by atoms with E-state index in [4.69, 9.17) is 4.74 Å². The molecule has 1 spiro atoms. The van der Waals surface area contributed by atoms with Gasteiger partial charge in [-0.1, -0.05) is 12.8 Å². The molecule has 14 heavy (non-hydrogen) atoms. The normalized spacial score (nSPS) is 32.4. The van der Waals surface area contributed by atoms with Gasteiger partial charge in [-0.15, -0.1) is 0 Å². The van der Waals surface area contributed by atoms with E-state index in [0.29, 0.717) is 0 Å². The second-order valence-corrected chi connectivity index (χ2v) is 4.21. The maximum absolute atomic E-state index is 12.3. The lowest BCUT2D eigenvalue weighted by molar-refractivity contribution is -0.235. The highest BCUT2D eigenvalue weighted by atomic mass is 19.4. The van der Waals surface area contributed by atoms with Crippen molar-refractivity contribution in [2.45, 2.75) is 43.5 Å². The number of hydrogen-bond donors (Lipinski definition) is 1. The zero-order valence-electron chi connectivity index (χ0n) is 7.86. The average molecular weight is 209 g/mol. The van der Waals surface area contributed by atoms with Crippen LogP contribution in [0.5, 0.6) is 0 Å². The smallest absolute Gasteiger partial charge is 0.366 e. The van der Waals surface area contributed by atoms with Crippen molar-refractivity contribution in [1.82, 2.24) is 5.32 Å². The van der Waals surface area contributed by atoms with Crippen molar-refractivity contribution in [3.63, 3.8) is 0 Å². The summed E-state index contributed by atoms with van der Waals surface area (Å²) in [6.45, 7) is 0.112. The number of rotatable bonds is 0. The highest BCUT2D eigenvalue weighted by Gasteiger charge is 2.47. The van der Waals surface area contributed by atoms with E-state index in [9.17, 15) is 13.2 Å². The van der Waals surface area contributed by atoms with Crippen LogP contribution in [0.3, 0.4) is 0 Å². The van der Waals surface area contributed by atoms with Gasteiger partial charge in [0.15, 0.2) is 6.10 Å². The van der Waals surface area contributed by atoms with Gasteiger partial charge < -0.3 is 10.1 Å². The van der Waals surface area contributed by atoms with Crippen LogP contribution in [-0.4, -0.2) is 31.0 Å². The molecule has 1 atom stereocenters. The minimum Gasteiger partial charge on any atom is -0.366 e. The SMILES string of the molecule is FC(F)(F)C1CNC2(CCCC2)CO1. The largest absolute Gasteiger partial charge is 0.415 e. The summed E-state index contributed by atoms with van der Waals surface area (Å²) >= 11 is 0. The number of hydrogen-bond acceptors (Lipinski definition) is 2. The Morgan fingerprint density at radius 3 is 2.29 bits per heavy atom. The first-order chi connectivity index (χ1) is 6.52. The molecule has 1 saturated heterocycles. The first kappa shape index (κ1) is 10.2. The Morgan fingerprint density at radius 2 is 1.86 bits per heavy atom. The number of halogens is 3. The Morgan fingerprint density at radius 1 is 1.21 bits per heavy atom. The van der Waals surface area contributed by atoms with Crippen LogP contribution < -0.4 is 5.32 Å². The van der Waals surface area contributed by atoms with Gasteiger partial charge in [-0.2, -0.15) is 13.2 Å². The molecule has 2 nitrogen and oxygen atoms in total. The van der Waals surface area contributed by atoms with E-state index in [-0.39, 0.29) is 18.7 Å². The Hall–Kier alpha value is -0.290. The average Bonchev–Trinajstić information content (AvgIpc) is 2.53. The number of nitrogens with one attached hydrogen (secondary N) is 1. The predicted molar refractivity (Wildman–Crippen MR) is 45.0 cm³/mol. The maximum Gasteiger partial charge on any atom is 0.415 e. The van der Waals surface area contributed by atoms with Crippen molar-refractivity contribution in [1.29, 1.82) is 0 Å². The molecular formula is C9H14F3NO. The van der Waals surface area contributed by atoms with E-state index < -0.39 is 12.3 Å². The third-order valence-corrected chi connectivity index (χ3v) is 3.15. The quantitative estimate of drug-likeness (QED) is 0.657. The minimum atomic E-state index is -4.23. The molecule has 5 heteroatoms. The molecule has 1 aliphatic carbocycles. The van der Waals surface area contributed by atoms with Gasteiger partial charge in [0.1, 0.15) is 0 Å². The van der Waals surface area contributed by atoms with Crippen molar-refractivity contribution in [2.24, 2.45) is 0 Å². The third-order valence-electron chi connectivity index (χ3n) is 3.15. The lowest BCUT2D eigenvalue weighted by atomic mass is 9.97.